The lowest BCUT2D eigenvalue weighted by Gasteiger charge is -2.34. The first-order chi connectivity index (χ1) is 14.9. The van der Waals surface area contributed by atoms with Crippen molar-refractivity contribution in [3.05, 3.63) is 30.0 Å². The van der Waals surface area contributed by atoms with Crippen LogP contribution in [0.4, 0.5) is 8.78 Å². The lowest BCUT2D eigenvalue weighted by atomic mass is 10.1. The van der Waals surface area contributed by atoms with E-state index in [9.17, 15) is 13.6 Å². The number of hydrogen-bond donors (Lipinski definition) is 1. The van der Waals surface area contributed by atoms with E-state index >= 15 is 0 Å². The van der Waals surface area contributed by atoms with Gasteiger partial charge in [0.05, 0.1) is 6.54 Å². The zero-order valence-corrected chi connectivity index (χ0v) is 18.3. The highest BCUT2D eigenvalue weighted by molar-refractivity contribution is 5.99. The van der Waals surface area contributed by atoms with Gasteiger partial charge in [0.25, 0.3) is 12.3 Å². The molecule has 0 radical (unpaired) electrons. The van der Waals surface area contributed by atoms with Crippen LogP contribution >= 0.6 is 0 Å². The summed E-state index contributed by atoms with van der Waals surface area (Å²) in [6, 6.07) is 7.78. The second-order valence-electron chi connectivity index (χ2n) is 8.74. The van der Waals surface area contributed by atoms with Crippen LogP contribution in [0, 0.1) is 0 Å². The van der Waals surface area contributed by atoms with Crippen LogP contribution in [0.2, 0.25) is 0 Å². The van der Waals surface area contributed by atoms with Gasteiger partial charge in [-0.2, -0.15) is 0 Å². The molecule has 2 aliphatic rings. The third kappa shape index (κ3) is 5.01. The number of ether oxygens (including phenoxy) is 1. The average Bonchev–Trinajstić information content (AvgIpc) is 3.11. The molecule has 1 amide bonds. The van der Waals surface area contributed by atoms with Crippen LogP contribution in [0.3, 0.4) is 0 Å². The zero-order chi connectivity index (χ0) is 22.0. The molecule has 0 spiro atoms. The first-order valence-corrected chi connectivity index (χ1v) is 11.2. The molecule has 1 aromatic heterocycles. The smallest absolute Gasteiger partial charge is 0.270 e. The Hall–Kier alpha value is -2.19. The van der Waals surface area contributed by atoms with E-state index in [1.807, 2.05) is 12.1 Å². The van der Waals surface area contributed by atoms with Crippen LogP contribution in [-0.4, -0.2) is 78.1 Å². The van der Waals surface area contributed by atoms with E-state index < -0.39 is 13.0 Å². The lowest BCUT2D eigenvalue weighted by molar-refractivity contribution is 0.0716. The van der Waals surface area contributed by atoms with Gasteiger partial charge < -0.3 is 24.4 Å². The van der Waals surface area contributed by atoms with Gasteiger partial charge in [-0.05, 0) is 51.0 Å². The maximum absolute atomic E-state index is 13.3. The minimum absolute atomic E-state index is 0.151. The summed E-state index contributed by atoms with van der Waals surface area (Å²) in [5.41, 5.74) is 0.959. The third-order valence-corrected chi connectivity index (χ3v) is 6.33. The Morgan fingerprint density at radius 1 is 1.13 bits per heavy atom. The van der Waals surface area contributed by atoms with Gasteiger partial charge in [0.15, 0.2) is 0 Å². The molecular weight excluding hydrogens is 402 g/mol. The summed E-state index contributed by atoms with van der Waals surface area (Å²) < 4.78 is 34.3. The number of rotatable bonds is 6. The van der Waals surface area contributed by atoms with Gasteiger partial charge in [0.1, 0.15) is 17.5 Å². The van der Waals surface area contributed by atoms with Crippen molar-refractivity contribution in [1.29, 1.82) is 0 Å². The van der Waals surface area contributed by atoms with Crippen LogP contribution < -0.4 is 10.1 Å². The van der Waals surface area contributed by atoms with Crippen LogP contribution in [0.25, 0.3) is 10.9 Å². The van der Waals surface area contributed by atoms with Crippen molar-refractivity contribution < 1.29 is 18.3 Å². The molecule has 4 rings (SSSR count). The predicted octanol–water partition coefficient (Wildman–Crippen LogP) is 3.20. The summed E-state index contributed by atoms with van der Waals surface area (Å²) in [7, 11) is 0. The van der Waals surface area contributed by atoms with E-state index in [0.29, 0.717) is 43.4 Å². The number of piperidine rings is 1. The second-order valence-corrected chi connectivity index (χ2v) is 8.74. The Kier molecular flexibility index (Phi) is 6.77. The molecule has 0 aliphatic carbocycles. The fourth-order valence-corrected chi connectivity index (χ4v) is 4.57. The molecule has 0 atom stereocenters. The summed E-state index contributed by atoms with van der Waals surface area (Å²) in [4.78, 5) is 17.2. The summed E-state index contributed by atoms with van der Waals surface area (Å²) >= 11 is 0. The number of carbonyl (C=O) groups is 1. The molecule has 3 heterocycles. The number of hydrogen-bond acceptors (Lipinski definition) is 4. The summed E-state index contributed by atoms with van der Waals surface area (Å²) in [6.07, 6.45) is -0.449. The van der Waals surface area contributed by atoms with Gasteiger partial charge >= 0.3 is 0 Å². The van der Waals surface area contributed by atoms with Crippen molar-refractivity contribution in [2.24, 2.45) is 0 Å². The van der Waals surface area contributed by atoms with Gasteiger partial charge in [0.2, 0.25) is 0 Å². The van der Waals surface area contributed by atoms with Crippen molar-refractivity contribution >= 4 is 16.8 Å². The quantitative estimate of drug-likeness (QED) is 0.759. The molecule has 170 valence electrons. The van der Waals surface area contributed by atoms with Crippen molar-refractivity contribution in [3.8, 4) is 5.75 Å². The van der Waals surface area contributed by atoms with E-state index in [1.165, 1.54) is 4.57 Å². The number of nitrogens with zero attached hydrogens (tertiary/aromatic N) is 3. The largest absolute Gasteiger partial charge is 0.490 e. The summed E-state index contributed by atoms with van der Waals surface area (Å²) in [5, 5.41) is 3.97. The number of piperazine rings is 1. The molecule has 0 bridgehead atoms. The highest BCUT2D eigenvalue weighted by Gasteiger charge is 2.25. The number of carbonyl (C=O) groups excluding carboxylic acids is 1. The molecule has 1 aromatic carbocycles. The third-order valence-electron chi connectivity index (χ3n) is 6.33. The number of alkyl halides is 2. The zero-order valence-electron chi connectivity index (χ0n) is 18.3. The number of amides is 1. The van der Waals surface area contributed by atoms with E-state index in [2.05, 4.69) is 24.1 Å². The number of fused-ring (bicyclic) bond motifs is 1. The Bertz CT molecular complexity index is 900. The maximum atomic E-state index is 13.3. The van der Waals surface area contributed by atoms with Gasteiger partial charge in [0, 0.05) is 56.2 Å². The monoisotopic (exact) mass is 434 g/mol. The van der Waals surface area contributed by atoms with Crippen molar-refractivity contribution in [1.82, 2.24) is 19.7 Å². The highest BCUT2D eigenvalue weighted by atomic mass is 19.3. The standard InChI is InChI=1S/C23H32F2N4O2/c1-16(2)27-9-5-18(6-10-27)31-19-3-4-20-17(13-19)14-21(29(20)15-22(24)25)23(30)28-11-7-26-8-12-28/h3-4,13-14,16,18,22,26H,5-12,15H2,1-2H3. The molecule has 6 nitrogen and oxygen atoms in total. The maximum Gasteiger partial charge on any atom is 0.270 e. The van der Waals surface area contributed by atoms with Crippen molar-refractivity contribution in [3.63, 3.8) is 0 Å². The van der Waals surface area contributed by atoms with Crippen molar-refractivity contribution in [2.75, 3.05) is 39.3 Å². The van der Waals surface area contributed by atoms with E-state index in [0.717, 1.165) is 37.1 Å². The fraction of sp³-hybridized carbons (Fsp3) is 0.609. The molecule has 1 N–H and O–H groups in total. The number of halogens is 2. The first-order valence-electron chi connectivity index (χ1n) is 11.2. The normalized spacial score (nSPS) is 19.0. The lowest BCUT2D eigenvalue weighted by Crippen LogP contribution is -2.46. The van der Waals surface area contributed by atoms with E-state index in [-0.39, 0.29) is 12.0 Å². The molecule has 2 aromatic rings. The molecule has 0 unspecified atom stereocenters. The predicted molar refractivity (Wildman–Crippen MR) is 117 cm³/mol. The van der Waals surface area contributed by atoms with E-state index in [4.69, 9.17) is 4.74 Å². The topological polar surface area (TPSA) is 49.7 Å². The molecule has 2 aliphatic heterocycles. The molecular formula is C23H32F2N4O2. The Morgan fingerprint density at radius 2 is 1.84 bits per heavy atom. The Labute approximate surface area is 182 Å². The van der Waals surface area contributed by atoms with E-state index in [1.54, 1.807) is 17.0 Å². The summed E-state index contributed by atoms with van der Waals surface area (Å²) in [5.74, 6) is 0.535. The SMILES string of the molecule is CC(C)N1CCC(Oc2ccc3c(c2)cc(C(=O)N2CCNCC2)n3CC(F)F)CC1. The fourth-order valence-electron chi connectivity index (χ4n) is 4.57. The van der Waals surface area contributed by atoms with Gasteiger partial charge in [-0.25, -0.2) is 8.78 Å². The number of nitrogens with one attached hydrogen (secondary N) is 1. The molecule has 31 heavy (non-hydrogen) atoms. The van der Waals surface area contributed by atoms with Gasteiger partial charge in [-0.1, -0.05) is 0 Å². The number of aromatic nitrogens is 1. The minimum atomic E-state index is -2.53. The van der Waals surface area contributed by atoms with Crippen LogP contribution in [-0.2, 0) is 6.54 Å². The second kappa shape index (κ2) is 9.53. The first kappa shape index (κ1) is 22.0. The van der Waals surface area contributed by atoms with Crippen molar-refractivity contribution in [2.45, 2.75) is 51.8 Å². The molecule has 2 fully saturated rings. The Morgan fingerprint density at radius 3 is 2.48 bits per heavy atom. The number of benzene rings is 1. The Balaban J connectivity index is 1.55. The van der Waals surface area contributed by atoms with Crippen LogP contribution in [0.15, 0.2) is 24.3 Å². The minimum Gasteiger partial charge on any atom is -0.490 e. The molecule has 2 saturated heterocycles. The summed E-state index contributed by atoms with van der Waals surface area (Å²) in [6.45, 7) is 8.54. The van der Waals surface area contributed by atoms with Crippen LogP contribution in [0.5, 0.6) is 5.75 Å². The van der Waals surface area contributed by atoms with Gasteiger partial charge in [-0.15, -0.1) is 0 Å². The molecule has 8 heteroatoms. The average molecular weight is 435 g/mol. The molecule has 0 saturated carbocycles. The van der Waals surface area contributed by atoms with Crippen LogP contribution in [0.1, 0.15) is 37.2 Å². The number of likely N-dealkylation sites (tertiary alicyclic amines) is 1. The highest BCUT2D eigenvalue weighted by Crippen LogP contribution is 2.28. The van der Waals surface area contributed by atoms with Gasteiger partial charge in [-0.3, -0.25) is 4.79 Å².